The summed E-state index contributed by atoms with van der Waals surface area (Å²) >= 11 is 5.18. The topological polar surface area (TPSA) is 46.6 Å². The molecule has 0 atom stereocenters. The summed E-state index contributed by atoms with van der Waals surface area (Å²) in [6.07, 6.45) is -0.617. The highest BCUT2D eigenvalue weighted by atomic mass is 79.9. The van der Waals surface area contributed by atoms with Crippen molar-refractivity contribution in [2.24, 2.45) is 0 Å². The van der Waals surface area contributed by atoms with Crippen molar-refractivity contribution in [1.82, 2.24) is 4.90 Å². The average molecular weight is 462 g/mol. The number of nitrogens with zero attached hydrogens (tertiary/aromatic N) is 1. The minimum atomic E-state index is -0.797. The molecule has 28 heavy (non-hydrogen) atoms. The molecule has 0 bridgehead atoms. The molecule has 0 aromatic heterocycles. The van der Waals surface area contributed by atoms with E-state index in [0.717, 1.165) is 20.7 Å². The molecular formula is C22H24BrNO3S. The zero-order valence-electron chi connectivity index (χ0n) is 16.7. The van der Waals surface area contributed by atoms with Crippen molar-refractivity contribution < 1.29 is 14.3 Å². The molecule has 0 saturated carbocycles. The highest BCUT2D eigenvalue weighted by Gasteiger charge is 2.49. The molecule has 0 saturated heterocycles. The Morgan fingerprint density at radius 1 is 1.18 bits per heavy atom. The maximum Gasteiger partial charge on any atom is 0.418 e. The summed E-state index contributed by atoms with van der Waals surface area (Å²) in [6, 6.07) is 14.0. The molecule has 2 aromatic rings. The summed E-state index contributed by atoms with van der Waals surface area (Å²) in [6.45, 7) is 9.16. The molecule has 3 rings (SSSR count). The first-order valence-electron chi connectivity index (χ1n) is 9.09. The number of carbonyl (C=O) groups excluding carboxylic acids is 2. The molecule has 2 aromatic carbocycles. The predicted octanol–water partition coefficient (Wildman–Crippen LogP) is 6.37. The van der Waals surface area contributed by atoms with Crippen LogP contribution in [0.5, 0.6) is 0 Å². The molecule has 1 aliphatic rings. The highest BCUT2D eigenvalue weighted by Crippen LogP contribution is 2.46. The van der Waals surface area contributed by atoms with Crippen LogP contribution in [-0.2, 0) is 16.0 Å². The Bertz CT molecular complexity index is 919. The van der Waals surface area contributed by atoms with Gasteiger partial charge in [-0.1, -0.05) is 46.3 Å². The van der Waals surface area contributed by atoms with Gasteiger partial charge in [0.15, 0.2) is 0 Å². The van der Waals surface area contributed by atoms with Gasteiger partial charge in [-0.15, -0.1) is 11.8 Å². The van der Waals surface area contributed by atoms with Crippen molar-refractivity contribution in [1.29, 1.82) is 0 Å². The number of ether oxygens (including phenoxy) is 1. The van der Waals surface area contributed by atoms with Crippen molar-refractivity contribution >= 4 is 39.7 Å². The molecule has 0 aliphatic carbocycles. The lowest BCUT2D eigenvalue weighted by atomic mass is 9.94. The first-order chi connectivity index (χ1) is 13.0. The van der Waals surface area contributed by atoms with Crippen LogP contribution in [0.15, 0.2) is 51.8 Å². The van der Waals surface area contributed by atoms with Crippen LogP contribution < -0.4 is 0 Å². The number of carbonyl (C=O) groups is 2. The van der Waals surface area contributed by atoms with Gasteiger partial charge in [0.05, 0.1) is 5.54 Å². The van der Waals surface area contributed by atoms with Crippen LogP contribution in [0.2, 0.25) is 0 Å². The second-order valence-electron chi connectivity index (χ2n) is 8.28. The molecule has 0 N–H and O–H groups in total. The molecule has 1 aliphatic heterocycles. The first kappa shape index (κ1) is 20.9. The molecule has 148 valence electrons. The number of amides is 2. The highest BCUT2D eigenvalue weighted by molar-refractivity contribution is 9.10. The van der Waals surface area contributed by atoms with Gasteiger partial charge in [-0.25, -0.2) is 9.69 Å². The maximum absolute atomic E-state index is 13.1. The smallest absolute Gasteiger partial charge is 0.418 e. The fourth-order valence-corrected chi connectivity index (χ4v) is 5.17. The van der Waals surface area contributed by atoms with Gasteiger partial charge in [0.2, 0.25) is 0 Å². The SMILES string of the molecule is CC(C)(C)OC(=O)N1C(=O)c2cc(Br)cc(SCc3ccccc3)c2C1(C)C. The summed E-state index contributed by atoms with van der Waals surface area (Å²) < 4.78 is 6.32. The Balaban J connectivity index is 1.98. The minimum Gasteiger partial charge on any atom is -0.443 e. The van der Waals surface area contributed by atoms with Gasteiger partial charge in [-0.2, -0.15) is 0 Å². The molecule has 0 unspecified atom stereocenters. The van der Waals surface area contributed by atoms with E-state index < -0.39 is 17.2 Å². The van der Waals surface area contributed by atoms with E-state index >= 15 is 0 Å². The number of thioether (sulfide) groups is 1. The number of fused-ring (bicyclic) bond motifs is 1. The van der Waals surface area contributed by atoms with E-state index in [2.05, 4.69) is 28.1 Å². The zero-order chi connectivity index (χ0) is 20.7. The fraction of sp³-hybridized carbons (Fsp3) is 0.364. The van der Waals surface area contributed by atoms with Gasteiger partial charge in [0.1, 0.15) is 5.60 Å². The van der Waals surface area contributed by atoms with Gasteiger partial charge < -0.3 is 4.74 Å². The van der Waals surface area contributed by atoms with Gasteiger partial charge in [-0.05, 0) is 52.3 Å². The lowest BCUT2D eigenvalue weighted by Gasteiger charge is -2.33. The van der Waals surface area contributed by atoms with E-state index in [4.69, 9.17) is 4.74 Å². The van der Waals surface area contributed by atoms with Crippen LogP contribution in [0, 0.1) is 0 Å². The largest absolute Gasteiger partial charge is 0.443 e. The zero-order valence-corrected chi connectivity index (χ0v) is 19.1. The fourth-order valence-electron chi connectivity index (χ4n) is 3.34. The Hall–Kier alpha value is -1.79. The van der Waals surface area contributed by atoms with Gasteiger partial charge in [0.25, 0.3) is 5.91 Å². The van der Waals surface area contributed by atoms with E-state index in [1.807, 2.05) is 38.1 Å². The van der Waals surface area contributed by atoms with Crippen LogP contribution in [0.4, 0.5) is 4.79 Å². The van der Waals surface area contributed by atoms with Crippen molar-refractivity contribution in [3.05, 3.63) is 63.6 Å². The molecule has 0 radical (unpaired) electrons. The average Bonchev–Trinajstić information content (AvgIpc) is 2.78. The Morgan fingerprint density at radius 3 is 2.43 bits per heavy atom. The van der Waals surface area contributed by atoms with Gasteiger partial charge in [0, 0.05) is 26.2 Å². The van der Waals surface area contributed by atoms with Crippen molar-refractivity contribution in [2.45, 2.75) is 56.4 Å². The number of hydrogen-bond donors (Lipinski definition) is 0. The summed E-state index contributed by atoms with van der Waals surface area (Å²) in [7, 11) is 0. The molecular weight excluding hydrogens is 438 g/mol. The lowest BCUT2D eigenvalue weighted by Crippen LogP contribution is -2.46. The van der Waals surface area contributed by atoms with Crippen molar-refractivity contribution in [2.75, 3.05) is 0 Å². The van der Waals surface area contributed by atoms with Gasteiger partial charge in [-0.3, -0.25) is 4.79 Å². The van der Waals surface area contributed by atoms with Crippen LogP contribution in [-0.4, -0.2) is 22.5 Å². The molecule has 0 spiro atoms. The quantitative estimate of drug-likeness (QED) is 0.498. The van der Waals surface area contributed by atoms with Crippen molar-refractivity contribution in [3.8, 4) is 0 Å². The first-order valence-corrected chi connectivity index (χ1v) is 10.9. The van der Waals surface area contributed by atoms with E-state index in [1.54, 1.807) is 38.6 Å². The van der Waals surface area contributed by atoms with Gasteiger partial charge >= 0.3 is 6.09 Å². The number of rotatable bonds is 3. The lowest BCUT2D eigenvalue weighted by molar-refractivity contribution is 0.00914. The Labute approximate surface area is 178 Å². The third-order valence-corrected chi connectivity index (χ3v) is 6.05. The van der Waals surface area contributed by atoms with Crippen LogP contribution >= 0.6 is 27.7 Å². The number of imide groups is 1. The summed E-state index contributed by atoms with van der Waals surface area (Å²) in [4.78, 5) is 28.1. The number of halogens is 1. The third kappa shape index (κ3) is 4.13. The normalized spacial score (nSPS) is 15.5. The molecule has 1 heterocycles. The standard InChI is InChI=1S/C22H24BrNO3S/c1-21(2,3)27-20(26)24-19(25)16-11-15(23)12-17(18(16)22(24,4)5)28-13-14-9-7-6-8-10-14/h6-12H,13H2,1-5H3. The predicted molar refractivity (Wildman–Crippen MR) is 116 cm³/mol. The van der Waals surface area contributed by atoms with Crippen LogP contribution in [0.1, 0.15) is 56.1 Å². The Morgan fingerprint density at radius 2 is 1.82 bits per heavy atom. The maximum atomic E-state index is 13.1. The van der Waals surface area contributed by atoms with E-state index in [0.29, 0.717) is 5.56 Å². The second-order valence-corrected chi connectivity index (χ2v) is 10.2. The Kier molecular flexibility index (Phi) is 5.65. The summed E-state index contributed by atoms with van der Waals surface area (Å²) in [5.74, 6) is 0.456. The molecule has 2 amide bonds. The van der Waals surface area contributed by atoms with E-state index in [-0.39, 0.29) is 5.91 Å². The van der Waals surface area contributed by atoms with Crippen molar-refractivity contribution in [3.63, 3.8) is 0 Å². The number of benzene rings is 2. The summed E-state index contributed by atoms with van der Waals surface area (Å²) in [5.41, 5.74) is 1.14. The second kappa shape index (κ2) is 7.56. The summed E-state index contributed by atoms with van der Waals surface area (Å²) in [5, 5.41) is 0. The third-order valence-electron chi connectivity index (χ3n) is 4.48. The molecule has 0 fully saturated rings. The minimum absolute atomic E-state index is 0.322. The molecule has 6 heteroatoms. The molecule has 4 nitrogen and oxygen atoms in total. The number of hydrogen-bond acceptors (Lipinski definition) is 4. The van der Waals surface area contributed by atoms with E-state index in [1.165, 1.54) is 10.5 Å². The van der Waals surface area contributed by atoms with Crippen LogP contribution in [0.3, 0.4) is 0 Å². The van der Waals surface area contributed by atoms with E-state index in [9.17, 15) is 9.59 Å². The monoisotopic (exact) mass is 461 g/mol. The van der Waals surface area contributed by atoms with Crippen LogP contribution in [0.25, 0.3) is 0 Å².